The molecule has 1 saturated carbocycles. The van der Waals surface area contributed by atoms with Crippen molar-refractivity contribution in [3.63, 3.8) is 0 Å². The molecule has 2 atom stereocenters. The molecule has 1 aliphatic carbocycles. The third-order valence-corrected chi connectivity index (χ3v) is 4.33. The van der Waals surface area contributed by atoms with Crippen molar-refractivity contribution in [2.75, 3.05) is 0 Å². The summed E-state index contributed by atoms with van der Waals surface area (Å²) in [7, 11) is 0. The quantitative estimate of drug-likeness (QED) is 0.908. The highest BCUT2D eigenvalue weighted by atomic mass is 16.5. The monoisotopic (exact) mass is 329 g/mol. The van der Waals surface area contributed by atoms with E-state index < -0.39 is 0 Å². The average molecular weight is 329 g/mol. The maximum Gasteiger partial charge on any atom is 0.255 e. The number of amides is 1. The van der Waals surface area contributed by atoms with Crippen molar-refractivity contribution in [2.24, 2.45) is 0 Å². The van der Waals surface area contributed by atoms with Crippen molar-refractivity contribution in [3.8, 4) is 5.75 Å². The molecule has 0 unspecified atom stereocenters. The zero-order chi connectivity index (χ0) is 17.1. The third-order valence-electron chi connectivity index (χ3n) is 4.33. The molecule has 0 spiro atoms. The molecule has 1 N–H and O–H groups in total. The molecule has 1 aliphatic rings. The van der Waals surface area contributed by atoms with Gasteiger partial charge in [0, 0.05) is 12.7 Å². The van der Waals surface area contributed by atoms with Crippen molar-refractivity contribution in [1.29, 1.82) is 0 Å². The summed E-state index contributed by atoms with van der Waals surface area (Å²) in [4.78, 5) is 20.9. The van der Waals surface area contributed by atoms with E-state index in [9.17, 15) is 4.79 Å². The van der Waals surface area contributed by atoms with E-state index >= 15 is 0 Å². The Hall–Kier alpha value is -2.44. The SMILES string of the molecule is CCn1cc(O[C@@H]2CCC[C@@H]2NC(=O)c2cnc(C)nc2C)cn1. The molecule has 2 heterocycles. The van der Waals surface area contributed by atoms with Crippen LogP contribution in [0, 0.1) is 13.8 Å². The van der Waals surface area contributed by atoms with Crippen LogP contribution < -0.4 is 10.1 Å². The normalized spacial score (nSPS) is 20.1. The molecule has 0 aliphatic heterocycles. The minimum Gasteiger partial charge on any atom is -0.485 e. The maximum absolute atomic E-state index is 12.5. The van der Waals surface area contributed by atoms with Gasteiger partial charge in [-0.3, -0.25) is 9.48 Å². The van der Waals surface area contributed by atoms with Gasteiger partial charge in [0.1, 0.15) is 11.9 Å². The van der Waals surface area contributed by atoms with Gasteiger partial charge in [-0.2, -0.15) is 5.10 Å². The highest BCUT2D eigenvalue weighted by Crippen LogP contribution is 2.25. The molecule has 1 amide bonds. The second-order valence-corrected chi connectivity index (χ2v) is 6.12. The summed E-state index contributed by atoms with van der Waals surface area (Å²) in [5, 5.41) is 7.29. The van der Waals surface area contributed by atoms with E-state index in [0.717, 1.165) is 31.6 Å². The minimum absolute atomic E-state index is 0.0109. The Morgan fingerprint density at radius 3 is 2.92 bits per heavy atom. The van der Waals surface area contributed by atoms with Gasteiger partial charge in [-0.15, -0.1) is 0 Å². The van der Waals surface area contributed by atoms with Crippen LogP contribution in [0.1, 0.15) is 48.1 Å². The van der Waals surface area contributed by atoms with Crippen LogP contribution in [0.2, 0.25) is 0 Å². The first kappa shape index (κ1) is 16.4. The summed E-state index contributed by atoms with van der Waals surface area (Å²) in [5.74, 6) is 1.27. The topological polar surface area (TPSA) is 81.9 Å². The summed E-state index contributed by atoms with van der Waals surface area (Å²) in [5.41, 5.74) is 1.21. The number of carbonyl (C=O) groups excluding carboxylic acids is 1. The highest BCUT2D eigenvalue weighted by molar-refractivity contribution is 5.95. The summed E-state index contributed by atoms with van der Waals surface area (Å²) >= 11 is 0. The smallest absolute Gasteiger partial charge is 0.255 e. The molecule has 1 fully saturated rings. The van der Waals surface area contributed by atoms with Crippen molar-refractivity contribution in [1.82, 2.24) is 25.1 Å². The van der Waals surface area contributed by atoms with Gasteiger partial charge in [-0.1, -0.05) is 0 Å². The Balaban J connectivity index is 1.65. The lowest BCUT2D eigenvalue weighted by Crippen LogP contribution is -2.42. The molecule has 0 radical (unpaired) electrons. The first-order chi connectivity index (χ1) is 11.6. The van der Waals surface area contributed by atoms with Crippen LogP contribution in [-0.4, -0.2) is 37.8 Å². The number of hydrogen-bond acceptors (Lipinski definition) is 5. The number of nitrogens with one attached hydrogen (secondary N) is 1. The van der Waals surface area contributed by atoms with Gasteiger partial charge in [0.15, 0.2) is 5.75 Å². The zero-order valence-corrected chi connectivity index (χ0v) is 14.3. The van der Waals surface area contributed by atoms with Gasteiger partial charge in [0.2, 0.25) is 0 Å². The summed E-state index contributed by atoms with van der Waals surface area (Å²) in [6, 6.07) is -0.0109. The summed E-state index contributed by atoms with van der Waals surface area (Å²) in [6.07, 6.45) is 8.02. The Labute approximate surface area is 141 Å². The number of aromatic nitrogens is 4. The van der Waals surface area contributed by atoms with Gasteiger partial charge < -0.3 is 10.1 Å². The molecule has 128 valence electrons. The van der Waals surface area contributed by atoms with Crippen LogP contribution in [-0.2, 0) is 6.54 Å². The fraction of sp³-hybridized carbons (Fsp3) is 0.529. The molecule has 2 aromatic heterocycles. The lowest BCUT2D eigenvalue weighted by Gasteiger charge is -2.21. The van der Waals surface area contributed by atoms with Crippen molar-refractivity contribution in [3.05, 3.63) is 35.7 Å². The summed E-state index contributed by atoms with van der Waals surface area (Å²) < 4.78 is 7.85. The second kappa shape index (κ2) is 6.98. The van der Waals surface area contributed by atoms with E-state index in [1.807, 2.05) is 31.6 Å². The highest BCUT2D eigenvalue weighted by Gasteiger charge is 2.31. The fourth-order valence-corrected chi connectivity index (χ4v) is 3.04. The lowest BCUT2D eigenvalue weighted by molar-refractivity contribution is 0.0892. The number of carbonyl (C=O) groups is 1. The molecule has 0 saturated heterocycles. The van der Waals surface area contributed by atoms with Gasteiger partial charge >= 0.3 is 0 Å². The van der Waals surface area contributed by atoms with E-state index in [0.29, 0.717) is 17.1 Å². The van der Waals surface area contributed by atoms with Gasteiger partial charge in [-0.25, -0.2) is 9.97 Å². The van der Waals surface area contributed by atoms with Crippen molar-refractivity contribution in [2.45, 2.75) is 58.7 Å². The van der Waals surface area contributed by atoms with E-state index in [1.165, 1.54) is 0 Å². The zero-order valence-electron chi connectivity index (χ0n) is 14.3. The number of nitrogens with zero attached hydrogens (tertiary/aromatic N) is 4. The van der Waals surface area contributed by atoms with Crippen LogP contribution in [0.4, 0.5) is 0 Å². The van der Waals surface area contributed by atoms with E-state index in [4.69, 9.17) is 4.74 Å². The van der Waals surface area contributed by atoms with Gasteiger partial charge in [0.05, 0.1) is 29.7 Å². The standard InChI is InChI=1S/C17H23N5O2/c1-4-22-10-13(8-19-22)24-16-7-5-6-15(16)21-17(23)14-9-18-12(3)20-11(14)2/h8-10,15-16H,4-7H2,1-3H3,(H,21,23)/t15-,16+/m0/s1. The molecule has 2 aromatic rings. The van der Waals surface area contributed by atoms with E-state index in [-0.39, 0.29) is 18.1 Å². The molecule has 0 aromatic carbocycles. The molecule has 7 nitrogen and oxygen atoms in total. The molecule has 7 heteroatoms. The van der Waals surface area contributed by atoms with Crippen LogP contribution in [0.15, 0.2) is 18.6 Å². The second-order valence-electron chi connectivity index (χ2n) is 6.12. The van der Waals surface area contributed by atoms with Crippen LogP contribution in [0.25, 0.3) is 0 Å². The molecular weight excluding hydrogens is 306 g/mol. The first-order valence-corrected chi connectivity index (χ1v) is 8.37. The van der Waals surface area contributed by atoms with Gasteiger partial charge in [-0.05, 0) is 40.0 Å². The predicted molar refractivity (Wildman–Crippen MR) is 88.9 cm³/mol. The van der Waals surface area contributed by atoms with Gasteiger partial charge in [0.25, 0.3) is 5.91 Å². The maximum atomic E-state index is 12.5. The Morgan fingerprint density at radius 1 is 1.38 bits per heavy atom. The Bertz CT molecular complexity index is 728. The lowest BCUT2D eigenvalue weighted by atomic mass is 10.1. The number of rotatable bonds is 5. The largest absolute Gasteiger partial charge is 0.485 e. The van der Waals surface area contributed by atoms with Crippen LogP contribution >= 0.6 is 0 Å². The Kier molecular flexibility index (Phi) is 4.78. The Morgan fingerprint density at radius 2 is 2.21 bits per heavy atom. The average Bonchev–Trinajstić information content (AvgIpc) is 3.17. The predicted octanol–water partition coefficient (Wildman–Crippen LogP) is 2.04. The fourth-order valence-electron chi connectivity index (χ4n) is 3.04. The number of aryl methyl sites for hydroxylation is 3. The molecule has 0 bridgehead atoms. The van der Waals surface area contributed by atoms with E-state index in [1.54, 1.807) is 12.4 Å². The first-order valence-electron chi connectivity index (χ1n) is 8.37. The van der Waals surface area contributed by atoms with Crippen LogP contribution in [0.3, 0.4) is 0 Å². The van der Waals surface area contributed by atoms with Crippen LogP contribution in [0.5, 0.6) is 5.75 Å². The minimum atomic E-state index is -0.141. The number of ether oxygens (including phenoxy) is 1. The van der Waals surface area contributed by atoms with E-state index in [2.05, 4.69) is 20.4 Å². The molecular formula is C17H23N5O2. The van der Waals surface area contributed by atoms with Crippen molar-refractivity contribution < 1.29 is 9.53 Å². The molecule has 24 heavy (non-hydrogen) atoms. The third kappa shape index (κ3) is 3.55. The van der Waals surface area contributed by atoms with Crippen molar-refractivity contribution >= 4 is 5.91 Å². The number of hydrogen-bond donors (Lipinski definition) is 1. The molecule has 3 rings (SSSR count). The summed E-state index contributed by atoms with van der Waals surface area (Å²) in [6.45, 7) is 6.47.